The van der Waals surface area contributed by atoms with Crippen molar-refractivity contribution in [3.63, 3.8) is 0 Å². The van der Waals surface area contributed by atoms with Gasteiger partial charge in [-0.3, -0.25) is 9.59 Å². The van der Waals surface area contributed by atoms with Crippen LogP contribution < -0.4 is 10.6 Å². The Labute approximate surface area is 132 Å². The fourth-order valence-corrected chi connectivity index (χ4v) is 1.68. The summed E-state index contributed by atoms with van der Waals surface area (Å²) < 4.78 is 12.7. The van der Waals surface area contributed by atoms with E-state index in [0.717, 1.165) is 12.2 Å². The van der Waals surface area contributed by atoms with Crippen molar-refractivity contribution in [3.8, 4) is 6.07 Å². The summed E-state index contributed by atoms with van der Waals surface area (Å²) in [5, 5.41) is 13.7. The molecule has 0 aromatic heterocycles. The third-order valence-electron chi connectivity index (χ3n) is 2.78. The Kier molecular flexibility index (Phi) is 5.21. The molecular weight excluding hydrogens is 297 g/mol. The molecule has 0 heterocycles. The zero-order valence-corrected chi connectivity index (χ0v) is 11.9. The molecule has 0 aliphatic carbocycles. The van der Waals surface area contributed by atoms with Crippen molar-refractivity contribution >= 4 is 23.2 Å². The number of rotatable bonds is 4. The molecule has 0 radical (unpaired) electrons. The Bertz CT molecular complexity index is 775. The first-order chi connectivity index (χ1) is 11.1. The smallest absolute Gasteiger partial charge is 0.248 e. The molecule has 0 unspecified atom stereocenters. The average molecular weight is 309 g/mol. The molecule has 2 aromatic rings. The number of nitriles is 1. The van der Waals surface area contributed by atoms with Gasteiger partial charge in [0, 0.05) is 23.5 Å². The second-order valence-electron chi connectivity index (χ2n) is 4.51. The highest BCUT2D eigenvalue weighted by atomic mass is 19.1. The minimum absolute atomic E-state index is 0.402. The number of carbonyl (C=O) groups is 2. The summed E-state index contributed by atoms with van der Waals surface area (Å²) in [5.41, 5.74) is 1.42. The van der Waals surface area contributed by atoms with E-state index in [4.69, 9.17) is 5.26 Å². The Morgan fingerprint density at radius 1 is 0.870 bits per heavy atom. The Morgan fingerprint density at radius 2 is 1.30 bits per heavy atom. The molecule has 0 aliphatic rings. The lowest BCUT2D eigenvalue weighted by atomic mass is 10.2. The van der Waals surface area contributed by atoms with Crippen LogP contribution in [0, 0.1) is 17.1 Å². The highest BCUT2D eigenvalue weighted by Crippen LogP contribution is 2.09. The predicted octanol–water partition coefficient (Wildman–Crippen LogP) is 2.83. The number of benzene rings is 2. The molecule has 0 saturated carbocycles. The second-order valence-corrected chi connectivity index (χ2v) is 4.51. The SMILES string of the molecule is N#Cc1ccc(NC(=O)/C=C/C(=O)Nc2ccc(F)cc2)cc1. The van der Waals surface area contributed by atoms with Gasteiger partial charge in [0.25, 0.3) is 0 Å². The van der Waals surface area contributed by atoms with Crippen molar-refractivity contribution in [1.29, 1.82) is 5.26 Å². The Morgan fingerprint density at radius 3 is 1.74 bits per heavy atom. The van der Waals surface area contributed by atoms with Crippen LogP contribution in [-0.2, 0) is 9.59 Å². The quantitative estimate of drug-likeness (QED) is 0.852. The molecular formula is C17H12FN3O2. The minimum Gasteiger partial charge on any atom is -0.323 e. The van der Waals surface area contributed by atoms with Gasteiger partial charge in [0.1, 0.15) is 5.82 Å². The van der Waals surface area contributed by atoms with Crippen molar-refractivity contribution in [2.75, 3.05) is 10.6 Å². The maximum absolute atomic E-state index is 12.7. The van der Waals surface area contributed by atoms with Gasteiger partial charge in [-0.25, -0.2) is 4.39 Å². The standard InChI is InChI=1S/C17H12FN3O2/c18-13-3-7-15(8-4-13)21-17(23)10-9-16(22)20-14-5-1-12(11-19)2-6-14/h1-10H,(H,20,22)(H,21,23)/b10-9+. The average Bonchev–Trinajstić information content (AvgIpc) is 2.56. The largest absolute Gasteiger partial charge is 0.323 e. The maximum Gasteiger partial charge on any atom is 0.248 e. The monoisotopic (exact) mass is 309 g/mol. The van der Waals surface area contributed by atoms with Gasteiger partial charge in [-0.15, -0.1) is 0 Å². The van der Waals surface area contributed by atoms with Crippen LogP contribution in [0.4, 0.5) is 15.8 Å². The van der Waals surface area contributed by atoms with E-state index in [1.165, 1.54) is 24.3 Å². The third-order valence-corrected chi connectivity index (χ3v) is 2.78. The molecule has 2 amide bonds. The van der Waals surface area contributed by atoms with Gasteiger partial charge >= 0.3 is 0 Å². The van der Waals surface area contributed by atoms with E-state index in [1.54, 1.807) is 24.3 Å². The number of nitrogens with one attached hydrogen (secondary N) is 2. The molecule has 2 aromatic carbocycles. The number of hydrogen-bond acceptors (Lipinski definition) is 3. The fraction of sp³-hybridized carbons (Fsp3) is 0. The van der Waals surface area contributed by atoms with Crippen LogP contribution in [0.1, 0.15) is 5.56 Å². The van der Waals surface area contributed by atoms with E-state index in [-0.39, 0.29) is 0 Å². The fourth-order valence-electron chi connectivity index (χ4n) is 1.68. The number of hydrogen-bond donors (Lipinski definition) is 2. The van der Waals surface area contributed by atoms with E-state index in [1.807, 2.05) is 6.07 Å². The second kappa shape index (κ2) is 7.52. The van der Waals surface area contributed by atoms with E-state index in [2.05, 4.69) is 10.6 Å². The number of carbonyl (C=O) groups excluding carboxylic acids is 2. The van der Waals surface area contributed by atoms with Crippen molar-refractivity contribution in [3.05, 3.63) is 72.1 Å². The highest BCUT2D eigenvalue weighted by Gasteiger charge is 2.01. The van der Waals surface area contributed by atoms with Crippen molar-refractivity contribution in [2.45, 2.75) is 0 Å². The molecule has 6 heteroatoms. The van der Waals surface area contributed by atoms with Gasteiger partial charge in [0.15, 0.2) is 0 Å². The third kappa shape index (κ3) is 5.10. The van der Waals surface area contributed by atoms with Crippen LogP contribution >= 0.6 is 0 Å². The van der Waals surface area contributed by atoms with E-state index in [0.29, 0.717) is 16.9 Å². The van der Waals surface area contributed by atoms with Gasteiger partial charge in [-0.05, 0) is 48.5 Å². The highest BCUT2D eigenvalue weighted by molar-refractivity contribution is 6.06. The topological polar surface area (TPSA) is 82.0 Å². The summed E-state index contributed by atoms with van der Waals surface area (Å²) in [4.78, 5) is 23.3. The molecule has 0 fully saturated rings. The van der Waals surface area contributed by atoms with Crippen LogP contribution in [0.3, 0.4) is 0 Å². The predicted molar refractivity (Wildman–Crippen MR) is 84.0 cm³/mol. The molecule has 0 atom stereocenters. The first-order valence-electron chi connectivity index (χ1n) is 6.62. The lowest BCUT2D eigenvalue weighted by Gasteiger charge is -2.02. The molecule has 0 bridgehead atoms. The van der Waals surface area contributed by atoms with Crippen LogP contribution in [0.2, 0.25) is 0 Å². The zero-order valence-electron chi connectivity index (χ0n) is 11.9. The molecule has 114 valence electrons. The maximum atomic E-state index is 12.7. The van der Waals surface area contributed by atoms with Gasteiger partial charge in [0.05, 0.1) is 11.6 Å². The summed E-state index contributed by atoms with van der Waals surface area (Å²) in [6.45, 7) is 0. The summed E-state index contributed by atoms with van der Waals surface area (Å²) in [5.74, 6) is -1.39. The lowest BCUT2D eigenvalue weighted by molar-refractivity contribution is -0.114. The van der Waals surface area contributed by atoms with Crippen LogP contribution in [0.25, 0.3) is 0 Å². The number of anilines is 2. The molecule has 0 saturated heterocycles. The summed E-state index contributed by atoms with van der Waals surface area (Å²) >= 11 is 0. The summed E-state index contributed by atoms with van der Waals surface area (Å²) in [7, 11) is 0. The van der Waals surface area contributed by atoms with E-state index in [9.17, 15) is 14.0 Å². The normalized spacial score (nSPS) is 10.1. The van der Waals surface area contributed by atoms with Crippen molar-refractivity contribution in [2.24, 2.45) is 0 Å². The first-order valence-corrected chi connectivity index (χ1v) is 6.62. The van der Waals surface area contributed by atoms with Crippen LogP contribution in [0.15, 0.2) is 60.7 Å². The van der Waals surface area contributed by atoms with Gasteiger partial charge in [-0.2, -0.15) is 5.26 Å². The lowest BCUT2D eigenvalue weighted by Crippen LogP contribution is -2.12. The van der Waals surface area contributed by atoms with Crippen molar-refractivity contribution in [1.82, 2.24) is 0 Å². The molecule has 0 aliphatic heterocycles. The van der Waals surface area contributed by atoms with Gasteiger partial charge in [0.2, 0.25) is 11.8 Å². The molecule has 2 rings (SSSR count). The molecule has 23 heavy (non-hydrogen) atoms. The molecule has 2 N–H and O–H groups in total. The zero-order chi connectivity index (χ0) is 16.7. The minimum atomic E-state index is -0.508. The molecule has 0 spiro atoms. The first kappa shape index (κ1) is 15.9. The number of amides is 2. The molecule has 5 nitrogen and oxygen atoms in total. The van der Waals surface area contributed by atoms with Gasteiger partial charge in [-0.1, -0.05) is 0 Å². The van der Waals surface area contributed by atoms with E-state index < -0.39 is 17.6 Å². The van der Waals surface area contributed by atoms with Crippen molar-refractivity contribution < 1.29 is 14.0 Å². The summed E-state index contributed by atoms with van der Waals surface area (Å²) in [6.07, 6.45) is 2.15. The Hall–Kier alpha value is -3.46. The number of nitrogens with zero attached hydrogens (tertiary/aromatic N) is 1. The van der Waals surface area contributed by atoms with E-state index >= 15 is 0 Å². The Balaban J connectivity index is 1.88. The number of halogens is 1. The van der Waals surface area contributed by atoms with Crippen LogP contribution in [0.5, 0.6) is 0 Å². The summed E-state index contributed by atoms with van der Waals surface area (Å²) in [6, 6.07) is 13.6. The van der Waals surface area contributed by atoms with Gasteiger partial charge < -0.3 is 10.6 Å². The van der Waals surface area contributed by atoms with Crippen LogP contribution in [-0.4, -0.2) is 11.8 Å².